The largest absolute Gasteiger partial charge is 0.309 e. The van der Waals surface area contributed by atoms with E-state index in [1.165, 1.54) is 106 Å². The Hall–Kier alpha value is -8.00. The highest BCUT2D eigenvalue weighted by Crippen LogP contribution is 2.66. The molecular weight excluding hydrogens is 783 g/mol. The molecule has 1 nitrogen and oxygen atoms in total. The van der Waals surface area contributed by atoms with Crippen LogP contribution in [-0.2, 0) is 10.8 Å². The molecule has 0 amide bonds. The summed E-state index contributed by atoms with van der Waals surface area (Å²) in [5, 5.41) is 0. The summed E-state index contributed by atoms with van der Waals surface area (Å²) >= 11 is 0. The van der Waals surface area contributed by atoms with E-state index >= 15 is 0 Å². The highest BCUT2D eigenvalue weighted by Gasteiger charge is 2.53. The van der Waals surface area contributed by atoms with Crippen LogP contribution in [0.25, 0.3) is 66.8 Å². The van der Waals surface area contributed by atoms with E-state index in [4.69, 9.17) is 0 Å². The van der Waals surface area contributed by atoms with Crippen LogP contribution in [0.3, 0.4) is 0 Å². The summed E-state index contributed by atoms with van der Waals surface area (Å²) in [6.45, 7) is 4.76. The highest BCUT2D eigenvalue weighted by molar-refractivity contribution is 6.04. The molecule has 0 fully saturated rings. The Morgan fingerprint density at radius 1 is 0.277 bits per heavy atom. The second kappa shape index (κ2) is 14.3. The first kappa shape index (κ1) is 37.5. The van der Waals surface area contributed by atoms with Crippen molar-refractivity contribution in [1.29, 1.82) is 0 Å². The molecule has 0 aliphatic heterocycles. The number of para-hydroxylation sites is 1. The Morgan fingerprint density at radius 3 is 1.43 bits per heavy atom. The minimum absolute atomic E-state index is 0.154. The molecule has 0 N–H and O–H groups in total. The zero-order valence-electron chi connectivity index (χ0n) is 36.5. The van der Waals surface area contributed by atoms with Gasteiger partial charge in [-0.15, -0.1) is 0 Å². The monoisotopic (exact) mass is 827 g/mol. The quantitative estimate of drug-likeness (QED) is 0.161. The van der Waals surface area contributed by atoms with E-state index in [2.05, 4.69) is 255 Å². The fraction of sp³-hybridized carbons (Fsp3) is 0.0625. The van der Waals surface area contributed by atoms with Crippen molar-refractivity contribution in [1.82, 2.24) is 0 Å². The number of hydrogen-bond donors (Lipinski definition) is 0. The average Bonchev–Trinajstić information content (AvgIpc) is 3.94. The number of benzene rings is 10. The maximum absolute atomic E-state index is 2.56. The molecule has 0 saturated carbocycles. The summed E-state index contributed by atoms with van der Waals surface area (Å²) in [7, 11) is 0. The second-order valence-electron chi connectivity index (χ2n) is 18.3. The van der Waals surface area contributed by atoms with E-state index in [1.54, 1.807) is 0 Å². The molecule has 0 bridgehead atoms. The third kappa shape index (κ3) is 5.33. The summed E-state index contributed by atoms with van der Waals surface area (Å²) in [6, 6.07) is 88.3. The topological polar surface area (TPSA) is 3.24 Å². The van der Waals surface area contributed by atoms with Gasteiger partial charge in [-0.3, -0.25) is 0 Å². The van der Waals surface area contributed by atoms with Crippen molar-refractivity contribution >= 4 is 17.1 Å². The molecule has 306 valence electrons. The van der Waals surface area contributed by atoms with Crippen molar-refractivity contribution in [3.05, 3.63) is 270 Å². The molecule has 1 spiro atoms. The Morgan fingerprint density at radius 2 is 0.723 bits per heavy atom. The third-order valence-corrected chi connectivity index (χ3v) is 14.7. The van der Waals surface area contributed by atoms with Gasteiger partial charge in [-0.2, -0.15) is 0 Å². The van der Waals surface area contributed by atoms with Crippen molar-refractivity contribution in [2.75, 3.05) is 4.90 Å². The van der Waals surface area contributed by atoms with Crippen LogP contribution in [0.2, 0.25) is 0 Å². The Labute approximate surface area is 381 Å². The molecular formula is C64H45N. The van der Waals surface area contributed by atoms with Crippen LogP contribution in [0.1, 0.15) is 47.2 Å². The van der Waals surface area contributed by atoms with Crippen LogP contribution >= 0.6 is 0 Å². The summed E-state index contributed by atoms with van der Waals surface area (Å²) in [6.07, 6.45) is 0. The SMILES string of the molecule is CC1(C)c2ccccc2-c2ccc(N(c3ccccc3-c3ccccc3)c3cccc4c3-c3ccccc3C43c4ccccc4-c4c(-c5ccc(-c6ccccc6)cc5)cccc43)cc21. The predicted octanol–water partition coefficient (Wildman–Crippen LogP) is 16.8. The first-order valence-electron chi connectivity index (χ1n) is 22.8. The molecule has 1 unspecified atom stereocenters. The lowest BCUT2D eigenvalue weighted by Gasteiger charge is -2.33. The van der Waals surface area contributed by atoms with Gasteiger partial charge in [0, 0.05) is 22.2 Å². The van der Waals surface area contributed by atoms with Gasteiger partial charge in [0.05, 0.1) is 16.8 Å². The molecule has 0 saturated heterocycles. The fourth-order valence-electron chi connectivity index (χ4n) is 11.9. The Balaban J connectivity index is 1.07. The zero-order chi connectivity index (χ0) is 43.3. The molecule has 1 heteroatoms. The number of fused-ring (bicyclic) bond motifs is 13. The van der Waals surface area contributed by atoms with Crippen molar-refractivity contribution in [3.8, 4) is 66.8 Å². The first-order valence-corrected chi connectivity index (χ1v) is 22.8. The molecule has 0 aromatic heterocycles. The molecule has 10 aromatic carbocycles. The van der Waals surface area contributed by atoms with Crippen molar-refractivity contribution in [2.45, 2.75) is 24.7 Å². The number of anilines is 3. The van der Waals surface area contributed by atoms with E-state index in [0.29, 0.717) is 0 Å². The minimum Gasteiger partial charge on any atom is -0.309 e. The van der Waals surface area contributed by atoms with Crippen molar-refractivity contribution < 1.29 is 0 Å². The lowest BCUT2D eigenvalue weighted by molar-refractivity contribution is 0.660. The van der Waals surface area contributed by atoms with E-state index in [1.807, 2.05) is 0 Å². The van der Waals surface area contributed by atoms with Gasteiger partial charge in [-0.25, -0.2) is 0 Å². The van der Waals surface area contributed by atoms with E-state index in [0.717, 1.165) is 11.4 Å². The summed E-state index contributed by atoms with van der Waals surface area (Å²) in [4.78, 5) is 2.56. The number of hydrogen-bond acceptors (Lipinski definition) is 1. The third-order valence-electron chi connectivity index (χ3n) is 14.7. The number of nitrogens with zero attached hydrogens (tertiary/aromatic N) is 1. The van der Waals surface area contributed by atoms with Gasteiger partial charge in [0.2, 0.25) is 0 Å². The molecule has 0 radical (unpaired) electrons. The van der Waals surface area contributed by atoms with Gasteiger partial charge in [-0.05, 0) is 113 Å². The van der Waals surface area contributed by atoms with Gasteiger partial charge in [0.25, 0.3) is 0 Å². The maximum Gasteiger partial charge on any atom is 0.0726 e. The van der Waals surface area contributed by atoms with Crippen LogP contribution in [0.5, 0.6) is 0 Å². The molecule has 65 heavy (non-hydrogen) atoms. The molecule has 1 atom stereocenters. The van der Waals surface area contributed by atoms with Gasteiger partial charge in [0.15, 0.2) is 0 Å². The fourth-order valence-corrected chi connectivity index (χ4v) is 11.9. The van der Waals surface area contributed by atoms with E-state index in [-0.39, 0.29) is 5.41 Å². The van der Waals surface area contributed by atoms with Gasteiger partial charge >= 0.3 is 0 Å². The average molecular weight is 828 g/mol. The molecule has 13 rings (SSSR count). The van der Waals surface area contributed by atoms with Crippen LogP contribution in [0.4, 0.5) is 17.1 Å². The van der Waals surface area contributed by atoms with E-state index < -0.39 is 5.41 Å². The predicted molar refractivity (Wildman–Crippen MR) is 271 cm³/mol. The molecule has 3 aliphatic carbocycles. The lowest BCUT2D eigenvalue weighted by atomic mass is 9.70. The normalized spacial score (nSPS) is 15.4. The standard InChI is InChI=1S/C64H45N/c1-63(2)53-28-13-9-24-49(53)50-40-39-46(41-58(50)63)65(59-33-16-12-23-47(59)44-21-7-4-8-22-44)60-34-18-32-57-62(60)52-26-11-15-30-55(52)64(57)54-29-14-10-25-51(54)61-48(27-17-31-56(61)64)45-37-35-43(36-38-45)42-19-5-3-6-20-42/h3-41H,1-2H3. The first-order chi connectivity index (χ1) is 32.0. The van der Waals surface area contributed by atoms with E-state index in [9.17, 15) is 0 Å². The maximum atomic E-state index is 2.56. The Kier molecular flexibility index (Phi) is 8.24. The highest BCUT2D eigenvalue weighted by atomic mass is 15.1. The van der Waals surface area contributed by atoms with Crippen LogP contribution in [0.15, 0.2) is 237 Å². The molecule has 0 heterocycles. The Bertz CT molecular complexity index is 3510. The zero-order valence-corrected chi connectivity index (χ0v) is 36.5. The smallest absolute Gasteiger partial charge is 0.0726 e. The molecule has 10 aromatic rings. The molecule has 3 aliphatic rings. The van der Waals surface area contributed by atoms with Crippen molar-refractivity contribution in [3.63, 3.8) is 0 Å². The lowest BCUT2D eigenvalue weighted by Crippen LogP contribution is -2.26. The van der Waals surface area contributed by atoms with Gasteiger partial charge in [-0.1, -0.05) is 226 Å². The van der Waals surface area contributed by atoms with Gasteiger partial charge in [0.1, 0.15) is 0 Å². The van der Waals surface area contributed by atoms with Crippen molar-refractivity contribution in [2.24, 2.45) is 0 Å². The summed E-state index contributed by atoms with van der Waals surface area (Å²) in [5.74, 6) is 0. The van der Waals surface area contributed by atoms with Crippen LogP contribution in [-0.4, -0.2) is 0 Å². The summed E-state index contributed by atoms with van der Waals surface area (Å²) < 4.78 is 0. The van der Waals surface area contributed by atoms with Gasteiger partial charge < -0.3 is 4.90 Å². The van der Waals surface area contributed by atoms with Crippen LogP contribution in [0, 0.1) is 0 Å². The number of rotatable bonds is 6. The minimum atomic E-state index is -0.528. The summed E-state index contributed by atoms with van der Waals surface area (Å²) in [5.41, 5.74) is 25.9. The van der Waals surface area contributed by atoms with Crippen LogP contribution < -0.4 is 4.90 Å². The second-order valence-corrected chi connectivity index (χ2v) is 18.3.